The minimum absolute atomic E-state index is 0.346. The van der Waals surface area contributed by atoms with Crippen LogP contribution in [0.5, 0.6) is 5.75 Å². The van der Waals surface area contributed by atoms with Gasteiger partial charge >= 0.3 is 34.5 Å². The molecule has 0 N–H and O–H groups in total. The Kier molecular flexibility index (Phi) is 19.9. The molecule has 7 heteroatoms. The molecule has 3 saturated carbocycles. The summed E-state index contributed by atoms with van der Waals surface area (Å²) in [5.41, 5.74) is 15.0. The summed E-state index contributed by atoms with van der Waals surface area (Å²) in [7, 11) is 11.8. The zero-order chi connectivity index (χ0) is 42.1. The second-order valence-electron chi connectivity index (χ2n) is 17.2. The SMILES string of the molecule is C1CCC(P(C2CCCCC2)C2CCCCC2)CC1.COc1ccccc1CN1[C]N(c2c(C)cc(C)cc2C)CC1.[C]1C=C(c2ccccc2)c2ccccc21.[Cl][Ru][Cl]. The summed E-state index contributed by atoms with van der Waals surface area (Å²) in [6.45, 7) is 12.8. The van der Waals surface area contributed by atoms with E-state index < -0.39 is 0 Å². The van der Waals surface area contributed by atoms with E-state index in [-0.39, 0.29) is 15.1 Å². The Labute approximate surface area is 381 Å². The van der Waals surface area contributed by atoms with E-state index in [2.05, 4.69) is 116 Å². The predicted octanol–water partition coefficient (Wildman–Crippen LogP) is 15.3. The third-order valence-electron chi connectivity index (χ3n) is 13.0. The number of halogens is 2. The molecule has 1 heterocycles. The zero-order valence-corrected chi connectivity index (χ0v) is 40.7. The molecule has 0 unspecified atom stereocenters. The van der Waals surface area contributed by atoms with Crippen LogP contribution in [0.2, 0.25) is 0 Å². The number of ether oxygens (including phenoxy) is 1. The van der Waals surface area contributed by atoms with Gasteiger partial charge in [-0.2, -0.15) is 0 Å². The van der Waals surface area contributed by atoms with Crippen molar-refractivity contribution in [1.29, 1.82) is 0 Å². The van der Waals surface area contributed by atoms with Crippen LogP contribution >= 0.6 is 27.3 Å². The van der Waals surface area contributed by atoms with Gasteiger partial charge in [0.25, 0.3) is 0 Å². The predicted molar refractivity (Wildman–Crippen MR) is 256 cm³/mol. The topological polar surface area (TPSA) is 15.7 Å². The molecule has 1 saturated heterocycles. The van der Waals surface area contributed by atoms with E-state index in [0.29, 0.717) is 7.92 Å². The number of allylic oxidation sites excluding steroid dienone is 1. The molecule has 4 fully saturated rings. The van der Waals surface area contributed by atoms with Crippen molar-refractivity contribution in [2.45, 2.75) is 141 Å². The van der Waals surface area contributed by atoms with Gasteiger partial charge < -0.3 is 9.64 Å². The second-order valence-corrected chi connectivity index (χ2v) is 22.9. The number of hydrogen-bond donors (Lipinski definition) is 0. The summed E-state index contributed by atoms with van der Waals surface area (Å²) in [5, 5.41) is 0. The molecule has 0 bridgehead atoms. The zero-order valence-electron chi connectivity index (χ0n) is 36.6. The molecule has 0 aromatic heterocycles. The van der Waals surface area contributed by atoms with Gasteiger partial charge in [0.15, 0.2) is 6.67 Å². The third-order valence-corrected chi connectivity index (χ3v) is 17.1. The van der Waals surface area contributed by atoms with Crippen LogP contribution in [-0.2, 0) is 21.7 Å². The number of benzene rings is 4. The quantitative estimate of drug-likeness (QED) is 0.129. The molecule has 3 nitrogen and oxygen atoms in total. The van der Waals surface area contributed by atoms with Crippen molar-refractivity contribution in [2.24, 2.45) is 0 Å². The first-order valence-corrected chi connectivity index (χ1v) is 28.6. The molecular formula is C53H67Cl2N2OPRu. The fraction of sp³-hybridized carbons (Fsp3) is 0.472. The van der Waals surface area contributed by atoms with Crippen molar-refractivity contribution >= 4 is 38.6 Å². The maximum absolute atomic E-state index is 5.45. The molecule has 9 rings (SSSR count). The molecule has 60 heavy (non-hydrogen) atoms. The van der Waals surface area contributed by atoms with Crippen molar-refractivity contribution < 1.29 is 19.9 Å². The maximum atomic E-state index is 5.45. The third kappa shape index (κ3) is 13.4. The van der Waals surface area contributed by atoms with Crippen molar-refractivity contribution in [2.75, 3.05) is 25.1 Å². The summed E-state index contributed by atoms with van der Waals surface area (Å²) in [6, 6.07) is 31.5. The summed E-state index contributed by atoms with van der Waals surface area (Å²) in [4.78, 5) is 4.48. The summed E-state index contributed by atoms with van der Waals surface area (Å²) < 4.78 is 5.45. The van der Waals surface area contributed by atoms with Crippen LogP contribution < -0.4 is 9.64 Å². The minimum atomic E-state index is -0.346. The normalized spacial score (nSPS) is 18.7. The Hall–Kier alpha value is -2.19. The summed E-state index contributed by atoms with van der Waals surface area (Å²) in [5.74, 6) is 0.940. The number of hydrogen-bond acceptors (Lipinski definition) is 3. The first-order valence-electron chi connectivity index (χ1n) is 22.6. The van der Waals surface area contributed by atoms with Crippen LogP contribution in [0, 0.1) is 33.9 Å². The van der Waals surface area contributed by atoms with Crippen LogP contribution in [-0.4, -0.2) is 42.1 Å². The Morgan fingerprint density at radius 1 is 0.667 bits per heavy atom. The Bertz CT molecular complexity index is 1840. The van der Waals surface area contributed by atoms with Gasteiger partial charge in [-0.15, -0.1) is 0 Å². The van der Waals surface area contributed by atoms with E-state index in [0.717, 1.165) is 25.4 Å². The Morgan fingerprint density at radius 3 is 1.75 bits per heavy atom. The van der Waals surface area contributed by atoms with Crippen molar-refractivity contribution in [1.82, 2.24) is 4.90 Å². The van der Waals surface area contributed by atoms with Crippen molar-refractivity contribution in [3.8, 4) is 5.75 Å². The first kappa shape index (κ1) is 47.3. The van der Waals surface area contributed by atoms with E-state index in [1.165, 1.54) is 86.4 Å². The van der Waals surface area contributed by atoms with Gasteiger partial charge in [-0.3, -0.25) is 4.90 Å². The van der Waals surface area contributed by atoms with E-state index in [1.807, 2.05) is 24.3 Å². The molecule has 4 aromatic rings. The van der Waals surface area contributed by atoms with Gasteiger partial charge in [-0.1, -0.05) is 162 Å². The molecule has 0 atom stereocenters. The molecule has 322 valence electrons. The number of para-hydroxylation sites is 1. The number of methoxy groups -OCH3 is 1. The van der Waals surface area contributed by atoms with E-state index in [9.17, 15) is 0 Å². The summed E-state index contributed by atoms with van der Waals surface area (Å²) >= 11 is -0.346. The van der Waals surface area contributed by atoms with E-state index in [1.54, 1.807) is 84.2 Å². The van der Waals surface area contributed by atoms with Gasteiger partial charge in [0.2, 0.25) is 0 Å². The fourth-order valence-corrected chi connectivity index (χ4v) is 15.0. The van der Waals surface area contributed by atoms with Crippen LogP contribution in [0.1, 0.15) is 135 Å². The van der Waals surface area contributed by atoms with Gasteiger partial charge in [0, 0.05) is 37.3 Å². The molecule has 4 aliphatic carbocycles. The number of rotatable bonds is 8. The number of aryl methyl sites for hydroxylation is 3. The molecule has 5 aliphatic rings. The van der Waals surface area contributed by atoms with Crippen LogP contribution in [0.15, 0.2) is 97.1 Å². The van der Waals surface area contributed by atoms with Gasteiger partial charge in [0.05, 0.1) is 7.11 Å². The number of fused-ring (bicyclic) bond motifs is 1. The van der Waals surface area contributed by atoms with Crippen LogP contribution in [0.4, 0.5) is 5.69 Å². The fourth-order valence-electron chi connectivity index (χ4n) is 10.4. The van der Waals surface area contributed by atoms with Crippen molar-refractivity contribution in [3.63, 3.8) is 0 Å². The molecule has 4 aromatic carbocycles. The van der Waals surface area contributed by atoms with E-state index >= 15 is 0 Å². The molecule has 1 aliphatic heterocycles. The van der Waals surface area contributed by atoms with Gasteiger partial charge in [-0.05, 0) is 116 Å². The Balaban J connectivity index is 0.000000149. The van der Waals surface area contributed by atoms with E-state index in [4.69, 9.17) is 24.1 Å². The van der Waals surface area contributed by atoms with Gasteiger partial charge in [0.1, 0.15) is 5.75 Å². The average Bonchev–Trinajstić information content (AvgIpc) is 3.93. The number of anilines is 1. The first-order chi connectivity index (χ1) is 29.4. The van der Waals surface area contributed by atoms with Crippen molar-refractivity contribution in [3.05, 3.63) is 149 Å². The second kappa shape index (κ2) is 25.2. The molecule has 0 spiro atoms. The number of nitrogens with zero attached hydrogens (tertiary/aromatic N) is 2. The standard InChI is InChI=1S/C20H24N2O.C18H33P.C15H10.2ClH.Ru/c1-15-11-16(2)20(17(3)12-15)22-10-9-21(14-22)13-18-7-5-6-8-19(18)23-4;1-4-10-16(11-5-1)19(17-12-6-2-7-13-17)18-14-8-3-9-15-18;1-2-6-12(7-3-1)15-11-10-13-8-4-5-9-14(13)15;;;/h5-8,11-12H,9-10,13H2,1-4H3;16-18H,1-15H2;1-9,11H;2*1H;/q;;;;;+2/p-2. The summed E-state index contributed by atoms with van der Waals surface area (Å²) in [6.07, 6.45) is 29.0. The Morgan fingerprint density at radius 2 is 1.18 bits per heavy atom. The monoisotopic (exact) mass is 950 g/mol. The molecular weight excluding hydrogens is 884 g/mol. The molecule has 4 radical (unpaired) electrons. The van der Waals surface area contributed by atoms with Crippen LogP contribution in [0.3, 0.4) is 0 Å². The van der Waals surface area contributed by atoms with Crippen LogP contribution in [0.25, 0.3) is 5.57 Å². The average molecular weight is 951 g/mol. The molecule has 0 amide bonds. The van der Waals surface area contributed by atoms with Gasteiger partial charge in [-0.25, -0.2) is 0 Å².